The maximum Gasteiger partial charge on any atom is 0.253 e. The lowest BCUT2D eigenvalue weighted by Crippen LogP contribution is -2.48. The first-order valence-electron chi connectivity index (χ1n) is 13.7. The molecule has 0 fully saturated rings. The molecule has 2 aromatic rings. The molecule has 0 radical (unpaired) electrons. The Bertz CT molecular complexity index is 1100. The number of methoxy groups -OCH3 is 1. The lowest BCUT2D eigenvalue weighted by Gasteiger charge is -2.26. The minimum atomic E-state index is -0.869. The topological polar surface area (TPSA) is 134 Å². The fraction of sp³-hybridized carbons (Fsp3) is 0.500. The number of carbonyl (C=O) groups excluding carboxylic acids is 3. The van der Waals surface area contributed by atoms with Crippen molar-refractivity contribution >= 4 is 17.7 Å². The maximum atomic E-state index is 13.3. The molecule has 0 heterocycles. The van der Waals surface area contributed by atoms with E-state index in [1.165, 1.54) is 18.2 Å². The molecule has 0 aliphatic rings. The van der Waals surface area contributed by atoms with Crippen LogP contribution in [0.1, 0.15) is 83.6 Å². The van der Waals surface area contributed by atoms with Gasteiger partial charge in [-0.3, -0.25) is 14.4 Å². The number of hydrogen-bond donors (Lipinski definition) is 4. The van der Waals surface area contributed by atoms with Gasteiger partial charge in [-0.1, -0.05) is 39.8 Å². The van der Waals surface area contributed by atoms with E-state index in [0.29, 0.717) is 26.1 Å². The summed E-state index contributed by atoms with van der Waals surface area (Å²) in [5, 5.41) is 17.1. The zero-order chi connectivity index (χ0) is 28.9. The molecule has 0 aromatic heterocycles. The van der Waals surface area contributed by atoms with E-state index in [1.807, 2.05) is 52.0 Å². The van der Waals surface area contributed by atoms with Gasteiger partial charge in [-0.2, -0.15) is 0 Å². The summed E-state index contributed by atoms with van der Waals surface area (Å²) in [5.74, 6) is -0.507. The van der Waals surface area contributed by atoms with Gasteiger partial charge in [0.05, 0.1) is 19.3 Å². The number of hydrogen-bond acceptors (Lipinski definition) is 6. The zero-order valence-corrected chi connectivity index (χ0v) is 23.8. The van der Waals surface area contributed by atoms with Gasteiger partial charge in [-0.15, -0.1) is 0 Å². The average molecular weight is 541 g/mol. The van der Waals surface area contributed by atoms with Crippen LogP contribution in [0.15, 0.2) is 42.5 Å². The number of primary amides is 1. The van der Waals surface area contributed by atoms with Gasteiger partial charge in [-0.05, 0) is 61.1 Å². The smallest absolute Gasteiger partial charge is 0.253 e. The van der Waals surface area contributed by atoms with Crippen molar-refractivity contribution in [2.75, 3.05) is 26.7 Å². The van der Waals surface area contributed by atoms with Gasteiger partial charge in [0, 0.05) is 42.9 Å². The van der Waals surface area contributed by atoms with Gasteiger partial charge in [0.2, 0.25) is 5.91 Å². The fourth-order valence-corrected chi connectivity index (χ4v) is 4.42. The van der Waals surface area contributed by atoms with Crippen LogP contribution in [0.25, 0.3) is 0 Å². The number of nitrogens with one attached hydrogen (secondary N) is 2. The molecule has 2 aromatic carbocycles. The van der Waals surface area contributed by atoms with Gasteiger partial charge in [0.25, 0.3) is 11.8 Å². The highest BCUT2D eigenvalue weighted by atomic mass is 16.5. The minimum Gasteiger partial charge on any atom is -0.497 e. The molecule has 5 N–H and O–H groups in total. The third-order valence-corrected chi connectivity index (χ3v) is 6.32. The van der Waals surface area contributed by atoms with E-state index in [9.17, 15) is 19.5 Å². The molecule has 39 heavy (non-hydrogen) atoms. The van der Waals surface area contributed by atoms with Gasteiger partial charge in [-0.25, -0.2) is 0 Å². The van der Waals surface area contributed by atoms with Crippen LogP contribution in [0.5, 0.6) is 5.75 Å². The van der Waals surface area contributed by atoms with Crippen molar-refractivity contribution in [3.05, 3.63) is 64.7 Å². The zero-order valence-electron chi connectivity index (χ0n) is 23.8. The lowest BCUT2D eigenvalue weighted by atomic mass is 9.97. The Morgan fingerprint density at radius 1 is 1.00 bits per heavy atom. The molecule has 0 aliphatic carbocycles. The number of aliphatic hydroxyl groups excluding tert-OH is 1. The van der Waals surface area contributed by atoms with Gasteiger partial charge in [0.1, 0.15) is 5.75 Å². The van der Waals surface area contributed by atoms with Crippen molar-refractivity contribution in [2.45, 2.75) is 65.6 Å². The second-order valence-electron chi connectivity index (χ2n) is 10.2. The predicted molar refractivity (Wildman–Crippen MR) is 153 cm³/mol. The minimum absolute atomic E-state index is 0.0832. The Kier molecular flexibility index (Phi) is 12.9. The molecule has 0 bridgehead atoms. The first kappa shape index (κ1) is 31.8. The molecule has 0 saturated carbocycles. The summed E-state index contributed by atoms with van der Waals surface area (Å²) in [4.78, 5) is 40.3. The van der Waals surface area contributed by atoms with E-state index in [-0.39, 0.29) is 35.1 Å². The Morgan fingerprint density at radius 2 is 1.64 bits per heavy atom. The van der Waals surface area contributed by atoms with Crippen molar-refractivity contribution < 1.29 is 24.2 Å². The van der Waals surface area contributed by atoms with Crippen molar-refractivity contribution in [1.29, 1.82) is 0 Å². The molecule has 9 heteroatoms. The molecule has 9 nitrogen and oxygen atoms in total. The SMILES string of the molecule is CCCN(CCC)C(=O)c1cc(C(N)=O)cc(C(=O)N[C@@H](CC(C)C)[C@H](O)CNCc2cccc(OC)c2)c1. The Balaban J connectivity index is 2.20. The number of rotatable bonds is 16. The van der Waals surface area contributed by atoms with E-state index < -0.39 is 24.0 Å². The van der Waals surface area contributed by atoms with Crippen LogP contribution >= 0.6 is 0 Å². The number of nitrogens with two attached hydrogens (primary N) is 1. The standard InChI is InChI=1S/C30H44N4O5/c1-6-11-34(12-7-2)30(38)24-16-22(28(31)36)15-23(17-24)29(37)33-26(13-20(3)4)27(35)19-32-18-21-9-8-10-25(14-21)39-5/h8-10,14-17,20,26-27,32,35H,6-7,11-13,18-19H2,1-5H3,(H2,31,36)(H,33,37)/t26-,27+/m0/s1. The van der Waals surface area contributed by atoms with Crippen LogP contribution in [-0.2, 0) is 6.54 Å². The van der Waals surface area contributed by atoms with Crippen LogP contribution in [-0.4, -0.2) is 66.6 Å². The molecule has 3 amide bonds. The van der Waals surface area contributed by atoms with Gasteiger partial charge in [0.15, 0.2) is 0 Å². The number of aliphatic hydroxyl groups is 1. The molecular weight excluding hydrogens is 496 g/mol. The number of ether oxygens (including phenoxy) is 1. The van der Waals surface area contributed by atoms with Crippen LogP contribution in [0.3, 0.4) is 0 Å². The van der Waals surface area contributed by atoms with Crippen molar-refractivity contribution in [2.24, 2.45) is 11.7 Å². The van der Waals surface area contributed by atoms with Crippen molar-refractivity contribution in [3.63, 3.8) is 0 Å². The third-order valence-electron chi connectivity index (χ3n) is 6.32. The largest absolute Gasteiger partial charge is 0.497 e. The van der Waals surface area contributed by atoms with E-state index in [1.54, 1.807) is 12.0 Å². The molecule has 214 valence electrons. The summed E-state index contributed by atoms with van der Waals surface area (Å²) in [6.07, 6.45) is 1.24. The van der Waals surface area contributed by atoms with Crippen LogP contribution in [0.4, 0.5) is 0 Å². The second-order valence-corrected chi connectivity index (χ2v) is 10.2. The Hall–Kier alpha value is -3.43. The number of carbonyl (C=O) groups is 3. The number of benzene rings is 2. The Morgan fingerprint density at radius 3 is 2.23 bits per heavy atom. The molecule has 0 aliphatic heterocycles. The molecule has 0 saturated heterocycles. The number of nitrogens with zero attached hydrogens (tertiary/aromatic N) is 1. The summed E-state index contributed by atoms with van der Waals surface area (Å²) in [6, 6.07) is 11.4. The van der Waals surface area contributed by atoms with Crippen LogP contribution in [0.2, 0.25) is 0 Å². The summed E-state index contributed by atoms with van der Waals surface area (Å²) >= 11 is 0. The summed E-state index contributed by atoms with van der Waals surface area (Å²) in [5.41, 5.74) is 7.00. The van der Waals surface area contributed by atoms with Crippen molar-refractivity contribution in [1.82, 2.24) is 15.5 Å². The van der Waals surface area contributed by atoms with Gasteiger partial charge < -0.3 is 31.1 Å². The highest BCUT2D eigenvalue weighted by molar-refractivity contribution is 6.04. The summed E-state index contributed by atoms with van der Waals surface area (Å²) in [6.45, 7) is 9.91. The predicted octanol–water partition coefficient (Wildman–Crippen LogP) is 3.35. The van der Waals surface area contributed by atoms with E-state index in [2.05, 4.69) is 10.6 Å². The molecule has 2 atom stereocenters. The monoisotopic (exact) mass is 540 g/mol. The van der Waals surface area contributed by atoms with Crippen LogP contribution in [0, 0.1) is 5.92 Å². The van der Waals surface area contributed by atoms with E-state index >= 15 is 0 Å². The van der Waals surface area contributed by atoms with Crippen LogP contribution < -0.4 is 21.1 Å². The lowest BCUT2D eigenvalue weighted by molar-refractivity contribution is 0.0755. The van der Waals surface area contributed by atoms with Crippen molar-refractivity contribution in [3.8, 4) is 5.75 Å². The normalized spacial score (nSPS) is 12.6. The highest BCUT2D eigenvalue weighted by Gasteiger charge is 2.25. The number of amides is 3. The molecule has 2 rings (SSSR count). The van der Waals surface area contributed by atoms with E-state index in [0.717, 1.165) is 24.2 Å². The first-order chi connectivity index (χ1) is 18.6. The summed E-state index contributed by atoms with van der Waals surface area (Å²) in [7, 11) is 1.61. The molecule has 0 spiro atoms. The second kappa shape index (κ2) is 15.9. The average Bonchev–Trinajstić information content (AvgIpc) is 2.91. The summed E-state index contributed by atoms with van der Waals surface area (Å²) < 4.78 is 5.26. The quantitative estimate of drug-likeness (QED) is 0.258. The van der Waals surface area contributed by atoms with Gasteiger partial charge >= 0.3 is 0 Å². The maximum absolute atomic E-state index is 13.3. The molecule has 0 unspecified atom stereocenters. The fourth-order valence-electron chi connectivity index (χ4n) is 4.42. The highest BCUT2D eigenvalue weighted by Crippen LogP contribution is 2.16. The van der Waals surface area contributed by atoms with E-state index in [4.69, 9.17) is 10.5 Å². The first-order valence-corrected chi connectivity index (χ1v) is 13.7. The third kappa shape index (κ3) is 10.00. The Labute approximate surface area is 232 Å². The molecular formula is C30H44N4O5.